The van der Waals surface area contributed by atoms with E-state index in [-0.39, 0.29) is 11.9 Å². The van der Waals surface area contributed by atoms with Crippen molar-refractivity contribution in [3.8, 4) is 5.75 Å². The molecule has 3 rings (SSSR count). The Hall–Kier alpha value is -3.61. The van der Waals surface area contributed by atoms with Crippen LogP contribution in [0, 0.1) is 0 Å². The van der Waals surface area contributed by atoms with Gasteiger partial charge < -0.3 is 20.3 Å². The summed E-state index contributed by atoms with van der Waals surface area (Å²) in [6, 6.07) is 6.24. The Balaban J connectivity index is 1.71. The Labute approximate surface area is 208 Å². The van der Waals surface area contributed by atoms with Crippen LogP contribution in [0.5, 0.6) is 5.75 Å². The molecule has 0 bridgehead atoms. The predicted octanol–water partition coefficient (Wildman–Crippen LogP) is 5.53. The highest BCUT2D eigenvalue weighted by Crippen LogP contribution is 2.30. The number of ether oxygens (including phenoxy) is 1. The molecule has 0 fully saturated rings. The number of amidine groups is 1. The van der Waals surface area contributed by atoms with Gasteiger partial charge in [0.15, 0.2) is 0 Å². The van der Waals surface area contributed by atoms with Crippen LogP contribution in [0.3, 0.4) is 0 Å². The Morgan fingerprint density at radius 3 is 2.97 bits per heavy atom. The number of anilines is 1. The molecule has 2 aliphatic rings. The molecule has 0 amide bonds. The molecule has 1 aliphatic carbocycles. The highest BCUT2D eigenvalue weighted by atomic mass is 19.1. The molecule has 0 radical (unpaired) electrons. The van der Waals surface area contributed by atoms with Crippen LogP contribution in [0.1, 0.15) is 38.7 Å². The molecule has 1 aromatic rings. The van der Waals surface area contributed by atoms with Crippen molar-refractivity contribution in [2.75, 3.05) is 31.6 Å². The molecule has 1 aromatic carbocycles. The van der Waals surface area contributed by atoms with Crippen LogP contribution >= 0.6 is 0 Å². The summed E-state index contributed by atoms with van der Waals surface area (Å²) >= 11 is 0. The van der Waals surface area contributed by atoms with E-state index in [4.69, 9.17) is 9.73 Å². The van der Waals surface area contributed by atoms with Crippen LogP contribution in [0.2, 0.25) is 0 Å². The number of nitrogens with zero attached hydrogens (tertiary/aromatic N) is 3. The van der Waals surface area contributed by atoms with Gasteiger partial charge in [0, 0.05) is 44.0 Å². The Morgan fingerprint density at radius 1 is 1.34 bits per heavy atom. The summed E-state index contributed by atoms with van der Waals surface area (Å²) in [7, 11) is 1.67. The molecular weight excluding hydrogens is 441 g/mol. The topological polar surface area (TPSA) is 61.2 Å². The number of nitrogens with one attached hydrogen (secondary N) is 2. The number of hydrogen-bond donors (Lipinski definition) is 2. The third-order valence-electron chi connectivity index (χ3n) is 5.64. The fraction of sp³-hybridized carbons (Fsp3) is 0.357. The minimum absolute atomic E-state index is 0.133. The zero-order valence-electron chi connectivity index (χ0n) is 20.9. The van der Waals surface area contributed by atoms with Crippen molar-refractivity contribution in [2.45, 2.75) is 39.2 Å². The maximum atomic E-state index is 13.4. The Bertz CT molecular complexity index is 1070. The van der Waals surface area contributed by atoms with E-state index in [0.29, 0.717) is 19.5 Å². The van der Waals surface area contributed by atoms with Crippen molar-refractivity contribution < 1.29 is 9.13 Å². The fourth-order valence-corrected chi connectivity index (χ4v) is 3.81. The molecule has 1 heterocycles. The number of hydrogen-bond acceptors (Lipinski definition) is 5. The van der Waals surface area contributed by atoms with Crippen molar-refractivity contribution in [1.82, 2.24) is 10.6 Å². The summed E-state index contributed by atoms with van der Waals surface area (Å²) in [5.74, 6) is 1.54. The summed E-state index contributed by atoms with van der Waals surface area (Å²) in [6.07, 6.45) is 15.0. The second-order valence-corrected chi connectivity index (χ2v) is 8.41. The molecule has 0 saturated heterocycles. The SMILES string of the molecule is C=CN(C=NCC)c1ccc(/C=C2\CCCN=C2NC(C)CNC2=CC=C(F)CC=C2)cc1OC. The molecule has 35 heavy (non-hydrogen) atoms. The van der Waals surface area contributed by atoms with Gasteiger partial charge in [-0.3, -0.25) is 9.98 Å². The molecule has 1 aliphatic heterocycles. The number of rotatable bonds is 10. The molecular formula is C28H36FN5O. The number of allylic oxidation sites excluding steroid dienone is 5. The lowest BCUT2D eigenvalue weighted by Crippen LogP contribution is -2.41. The molecule has 1 atom stereocenters. The van der Waals surface area contributed by atoms with E-state index in [2.05, 4.69) is 41.3 Å². The van der Waals surface area contributed by atoms with Crippen LogP contribution in [0.4, 0.5) is 10.1 Å². The van der Waals surface area contributed by atoms with E-state index < -0.39 is 0 Å². The average Bonchev–Trinajstić information content (AvgIpc) is 3.08. The standard InChI is InChI=1S/C28H36FN5O/c1-5-30-20-34(6-2)26-15-12-22(18-27(26)35-4)17-23-9-8-16-31-28(23)33-21(3)19-32-25-11-7-10-24(29)13-14-25/h6-7,11-15,17-18,20-21,32H,2,5,8-10,16,19H2,1,3-4H3,(H,31,33)/b23-17+,30-20?. The third kappa shape index (κ3) is 7.70. The maximum Gasteiger partial charge on any atom is 0.143 e. The normalized spacial score (nSPS) is 17.8. The van der Waals surface area contributed by atoms with E-state index in [1.165, 1.54) is 11.6 Å². The van der Waals surface area contributed by atoms with Gasteiger partial charge in [-0.2, -0.15) is 0 Å². The summed E-state index contributed by atoms with van der Waals surface area (Å²) in [5, 5.41) is 6.93. The first-order valence-electron chi connectivity index (χ1n) is 12.1. The van der Waals surface area contributed by atoms with Crippen molar-refractivity contribution in [2.24, 2.45) is 9.98 Å². The van der Waals surface area contributed by atoms with Crippen molar-refractivity contribution >= 4 is 23.9 Å². The molecule has 7 heteroatoms. The van der Waals surface area contributed by atoms with Gasteiger partial charge in [-0.25, -0.2) is 4.39 Å². The van der Waals surface area contributed by atoms with Gasteiger partial charge in [-0.05, 0) is 74.3 Å². The Kier molecular flexibility index (Phi) is 9.90. The van der Waals surface area contributed by atoms with Crippen LogP contribution < -0.4 is 20.3 Å². The average molecular weight is 478 g/mol. The summed E-state index contributed by atoms with van der Waals surface area (Å²) in [5.41, 5.74) is 4.00. The number of benzene rings is 1. The van der Waals surface area contributed by atoms with E-state index >= 15 is 0 Å². The van der Waals surface area contributed by atoms with Gasteiger partial charge in [0.2, 0.25) is 0 Å². The largest absolute Gasteiger partial charge is 0.495 e. The zero-order chi connectivity index (χ0) is 25.0. The summed E-state index contributed by atoms with van der Waals surface area (Å²) in [4.78, 5) is 10.9. The second kappa shape index (κ2) is 13.3. The van der Waals surface area contributed by atoms with Gasteiger partial charge in [0.25, 0.3) is 0 Å². The van der Waals surface area contributed by atoms with E-state index in [0.717, 1.165) is 47.9 Å². The Morgan fingerprint density at radius 2 is 2.20 bits per heavy atom. The van der Waals surface area contributed by atoms with Crippen LogP contribution in [0.25, 0.3) is 6.08 Å². The van der Waals surface area contributed by atoms with Crippen molar-refractivity contribution in [1.29, 1.82) is 0 Å². The van der Waals surface area contributed by atoms with E-state index in [9.17, 15) is 4.39 Å². The number of halogens is 1. The van der Waals surface area contributed by atoms with Crippen molar-refractivity contribution in [3.63, 3.8) is 0 Å². The second-order valence-electron chi connectivity index (χ2n) is 8.41. The lowest BCUT2D eigenvalue weighted by Gasteiger charge is -2.23. The summed E-state index contributed by atoms with van der Waals surface area (Å²) < 4.78 is 19.1. The first-order chi connectivity index (χ1) is 17.0. The van der Waals surface area contributed by atoms with Gasteiger partial charge in [0.05, 0.1) is 19.1 Å². The van der Waals surface area contributed by atoms with Gasteiger partial charge in [-0.1, -0.05) is 18.7 Å². The van der Waals surface area contributed by atoms with E-state index in [1.54, 1.807) is 25.7 Å². The molecule has 0 spiro atoms. The van der Waals surface area contributed by atoms with Gasteiger partial charge >= 0.3 is 0 Å². The van der Waals surface area contributed by atoms with Crippen LogP contribution in [-0.2, 0) is 0 Å². The number of methoxy groups -OCH3 is 1. The molecule has 0 saturated carbocycles. The number of aliphatic imine (C=N–C) groups is 2. The van der Waals surface area contributed by atoms with Gasteiger partial charge in [0.1, 0.15) is 17.4 Å². The molecule has 186 valence electrons. The summed E-state index contributed by atoms with van der Waals surface area (Å²) in [6.45, 7) is 10.2. The highest BCUT2D eigenvalue weighted by molar-refractivity contribution is 6.03. The minimum atomic E-state index is -0.133. The lowest BCUT2D eigenvalue weighted by atomic mass is 10.0. The lowest BCUT2D eigenvalue weighted by molar-refractivity contribution is 0.416. The first kappa shape index (κ1) is 26.0. The smallest absolute Gasteiger partial charge is 0.143 e. The molecule has 6 nitrogen and oxygen atoms in total. The van der Waals surface area contributed by atoms with Crippen LogP contribution in [-0.4, -0.2) is 45.0 Å². The maximum absolute atomic E-state index is 13.4. The van der Waals surface area contributed by atoms with Crippen molar-refractivity contribution in [3.05, 3.63) is 77.9 Å². The highest BCUT2D eigenvalue weighted by Gasteiger charge is 2.16. The first-order valence-corrected chi connectivity index (χ1v) is 12.1. The van der Waals surface area contributed by atoms with E-state index in [1.807, 2.05) is 36.1 Å². The molecule has 2 N–H and O–H groups in total. The van der Waals surface area contributed by atoms with Crippen LogP contribution in [0.15, 0.2) is 82.4 Å². The molecule has 1 unspecified atom stereocenters. The zero-order valence-corrected chi connectivity index (χ0v) is 20.9. The monoisotopic (exact) mass is 477 g/mol. The predicted molar refractivity (Wildman–Crippen MR) is 146 cm³/mol. The quantitative estimate of drug-likeness (QED) is 0.343. The fourth-order valence-electron chi connectivity index (χ4n) is 3.81. The van der Waals surface area contributed by atoms with Gasteiger partial charge in [-0.15, -0.1) is 0 Å². The third-order valence-corrected chi connectivity index (χ3v) is 5.64. The minimum Gasteiger partial charge on any atom is -0.495 e. The molecule has 0 aromatic heterocycles.